The van der Waals surface area contributed by atoms with Gasteiger partial charge in [0.1, 0.15) is 11.9 Å². The molecular formula is C26H28N6O2. The van der Waals surface area contributed by atoms with Crippen molar-refractivity contribution in [3.63, 3.8) is 0 Å². The fraction of sp³-hybridized carbons (Fsp3) is 0.308. The minimum Gasteiger partial charge on any atom is -0.361 e. The van der Waals surface area contributed by atoms with Crippen LogP contribution in [0.5, 0.6) is 0 Å². The van der Waals surface area contributed by atoms with Crippen LogP contribution in [-0.4, -0.2) is 37.6 Å². The van der Waals surface area contributed by atoms with Crippen LogP contribution in [0.4, 0.5) is 5.69 Å². The lowest BCUT2D eigenvalue weighted by atomic mass is 10.0. The van der Waals surface area contributed by atoms with Gasteiger partial charge in [0.25, 0.3) is 0 Å². The number of fused-ring (bicyclic) bond motifs is 2. The Bertz CT molecular complexity index is 1340. The Morgan fingerprint density at radius 1 is 1.09 bits per heavy atom. The Morgan fingerprint density at radius 3 is 2.85 bits per heavy atom. The Morgan fingerprint density at radius 2 is 1.97 bits per heavy atom. The fourth-order valence-corrected chi connectivity index (χ4v) is 4.64. The van der Waals surface area contributed by atoms with Crippen molar-refractivity contribution in [2.75, 3.05) is 5.32 Å². The summed E-state index contributed by atoms with van der Waals surface area (Å²) in [5.74, 6) is 1.33. The standard InChI is InChI=1S/C26H28N6O2/c1-17(33)28-23(15-19-16-27-22-11-5-4-10-21(19)22)26(34)29-20-9-7-8-18(14-20)25-31-30-24-12-3-2-6-13-32(24)25/h4-5,7-11,14,16,23,27H,2-3,6,12-13,15H2,1H3,(H,28,33)(H,29,34)/t23-/m0/s1. The van der Waals surface area contributed by atoms with Crippen LogP contribution in [-0.2, 0) is 29.0 Å². The third kappa shape index (κ3) is 4.57. The molecule has 3 heterocycles. The zero-order valence-corrected chi connectivity index (χ0v) is 19.2. The van der Waals surface area contributed by atoms with Crippen LogP contribution in [0.2, 0.25) is 0 Å². The number of rotatable bonds is 6. The van der Waals surface area contributed by atoms with E-state index in [1.54, 1.807) is 0 Å². The summed E-state index contributed by atoms with van der Waals surface area (Å²) >= 11 is 0. The molecule has 1 aliphatic heterocycles. The van der Waals surface area contributed by atoms with Crippen molar-refractivity contribution in [2.45, 2.75) is 51.6 Å². The number of anilines is 1. The van der Waals surface area contributed by atoms with Crippen LogP contribution in [0.1, 0.15) is 37.6 Å². The maximum Gasteiger partial charge on any atom is 0.247 e. The molecule has 4 aromatic rings. The second-order valence-electron chi connectivity index (χ2n) is 8.79. The molecule has 0 saturated carbocycles. The highest BCUT2D eigenvalue weighted by atomic mass is 16.2. The number of hydrogen-bond acceptors (Lipinski definition) is 4. The van der Waals surface area contributed by atoms with Gasteiger partial charge in [-0.2, -0.15) is 0 Å². The molecule has 0 saturated heterocycles. The number of carbonyl (C=O) groups excluding carboxylic acids is 2. The molecule has 1 atom stereocenters. The summed E-state index contributed by atoms with van der Waals surface area (Å²) in [5, 5.41) is 15.6. The molecule has 174 valence electrons. The summed E-state index contributed by atoms with van der Waals surface area (Å²) in [5.41, 5.74) is 3.54. The first kappa shape index (κ1) is 21.9. The SMILES string of the molecule is CC(=O)N[C@@H](Cc1c[nH]c2ccccc12)C(=O)Nc1cccc(-c2nnc3n2CCCCC3)c1. The number of amides is 2. The molecule has 0 bridgehead atoms. The Balaban J connectivity index is 1.37. The third-order valence-electron chi connectivity index (χ3n) is 6.29. The monoisotopic (exact) mass is 456 g/mol. The molecular weight excluding hydrogens is 428 g/mol. The van der Waals surface area contributed by atoms with E-state index in [1.807, 2.05) is 54.7 Å². The zero-order chi connectivity index (χ0) is 23.5. The molecule has 0 spiro atoms. The lowest BCUT2D eigenvalue weighted by Crippen LogP contribution is -2.44. The van der Waals surface area contributed by atoms with E-state index in [1.165, 1.54) is 13.3 Å². The Hall–Kier alpha value is -3.94. The predicted molar refractivity (Wildman–Crippen MR) is 131 cm³/mol. The Kier molecular flexibility index (Phi) is 6.12. The molecule has 0 unspecified atom stereocenters. The number of benzene rings is 2. The van der Waals surface area contributed by atoms with E-state index in [0.29, 0.717) is 12.1 Å². The molecule has 8 nitrogen and oxygen atoms in total. The van der Waals surface area contributed by atoms with E-state index >= 15 is 0 Å². The highest BCUT2D eigenvalue weighted by molar-refractivity contribution is 5.98. The van der Waals surface area contributed by atoms with Crippen molar-refractivity contribution >= 4 is 28.4 Å². The van der Waals surface area contributed by atoms with Gasteiger partial charge < -0.3 is 20.2 Å². The number of aromatic amines is 1. The minimum absolute atomic E-state index is 0.250. The predicted octanol–water partition coefficient (Wildman–Crippen LogP) is 3.84. The molecule has 8 heteroatoms. The lowest BCUT2D eigenvalue weighted by Gasteiger charge is -2.18. The molecule has 2 aromatic heterocycles. The van der Waals surface area contributed by atoms with Crippen molar-refractivity contribution in [3.05, 3.63) is 66.1 Å². The van der Waals surface area contributed by atoms with Crippen molar-refractivity contribution in [1.82, 2.24) is 25.1 Å². The van der Waals surface area contributed by atoms with E-state index in [9.17, 15) is 9.59 Å². The summed E-state index contributed by atoms with van der Waals surface area (Å²) in [6, 6.07) is 14.9. The number of carbonyl (C=O) groups is 2. The number of aryl methyl sites for hydroxylation is 1. The van der Waals surface area contributed by atoms with Gasteiger partial charge in [-0.25, -0.2) is 0 Å². The largest absolute Gasteiger partial charge is 0.361 e. The average Bonchev–Trinajstić information content (AvgIpc) is 3.35. The van der Waals surface area contributed by atoms with E-state index in [-0.39, 0.29) is 11.8 Å². The number of nitrogens with zero attached hydrogens (tertiary/aromatic N) is 3. The van der Waals surface area contributed by atoms with Crippen molar-refractivity contribution in [1.29, 1.82) is 0 Å². The maximum atomic E-state index is 13.2. The summed E-state index contributed by atoms with van der Waals surface area (Å²) in [6.07, 6.45) is 6.66. The second-order valence-corrected chi connectivity index (χ2v) is 8.79. The normalized spacial score (nSPS) is 14.3. The molecule has 2 amide bonds. The molecule has 0 aliphatic carbocycles. The van der Waals surface area contributed by atoms with Gasteiger partial charge in [0.15, 0.2) is 5.82 Å². The molecule has 0 radical (unpaired) electrons. The number of H-pyrrole nitrogens is 1. The second kappa shape index (κ2) is 9.51. The van der Waals surface area contributed by atoms with Crippen molar-refractivity contribution in [2.24, 2.45) is 0 Å². The zero-order valence-electron chi connectivity index (χ0n) is 19.2. The molecule has 2 aromatic carbocycles. The van der Waals surface area contributed by atoms with Crippen LogP contribution < -0.4 is 10.6 Å². The van der Waals surface area contributed by atoms with Crippen LogP contribution in [0.3, 0.4) is 0 Å². The molecule has 0 fully saturated rings. The average molecular weight is 457 g/mol. The van der Waals surface area contributed by atoms with Gasteiger partial charge in [0.05, 0.1) is 0 Å². The molecule has 3 N–H and O–H groups in total. The topological polar surface area (TPSA) is 105 Å². The van der Waals surface area contributed by atoms with E-state index in [4.69, 9.17) is 0 Å². The molecule has 1 aliphatic rings. The van der Waals surface area contributed by atoms with Crippen molar-refractivity contribution < 1.29 is 9.59 Å². The van der Waals surface area contributed by atoms with Gasteiger partial charge in [-0.3, -0.25) is 9.59 Å². The van der Waals surface area contributed by atoms with Crippen LogP contribution >= 0.6 is 0 Å². The maximum absolute atomic E-state index is 13.2. The highest BCUT2D eigenvalue weighted by Gasteiger charge is 2.22. The molecule has 5 rings (SSSR count). The molecule has 34 heavy (non-hydrogen) atoms. The summed E-state index contributed by atoms with van der Waals surface area (Å²) in [7, 11) is 0. The number of hydrogen-bond donors (Lipinski definition) is 3. The van der Waals surface area contributed by atoms with Crippen LogP contribution in [0, 0.1) is 0 Å². The van der Waals surface area contributed by atoms with Gasteiger partial charge in [0, 0.05) is 54.7 Å². The van der Waals surface area contributed by atoms with Gasteiger partial charge in [0.2, 0.25) is 11.8 Å². The first-order valence-corrected chi connectivity index (χ1v) is 11.7. The van der Waals surface area contributed by atoms with Gasteiger partial charge in [-0.15, -0.1) is 10.2 Å². The van der Waals surface area contributed by atoms with Gasteiger partial charge in [-0.1, -0.05) is 36.8 Å². The van der Waals surface area contributed by atoms with E-state index in [2.05, 4.69) is 30.4 Å². The number of nitrogens with one attached hydrogen (secondary N) is 3. The number of para-hydroxylation sites is 1. The quantitative estimate of drug-likeness (QED) is 0.410. The lowest BCUT2D eigenvalue weighted by molar-refractivity contribution is -0.125. The fourth-order valence-electron chi connectivity index (χ4n) is 4.64. The summed E-state index contributed by atoms with van der Waals surface area (Å²) < 4.78 is 2.19. The first-order chi connectivity index (χ1) is 16.6. The van der Waals surface area contributed by atoms with Gasteiger partial charge >= 0.3 is 0 Å². The highest BCUT2D eigenvalue weighted by Crippen LogP contribution is 2.25. The minimum atomic E-state index is -0.704. The van der Waals surface area contributed by atoms with Crippen LogP contribution in [0.25, 0.3) is 22.3 Å². The summed E-state index contributed by atoms with van der Waals surface area (Å²) in [6.45, 7) is 2.33. The smallest absolute Gasteiger partial charge is 0.247 e. The van der Waals surface area contributed by atoms with Crippen molar-refractivity contribution in [3.8, 4) is 11.4 Å². The first-order valence-electron chi connectivity index (χ1n) is 11.7. The summed E-state index contributed by atoms with van der Waals surface area (Å²) in [4.78, 5) is 28.3. The third-order valence-corrected chi connectivity index (χ3v) is 6.29. The number of aromatic nitrogens is 4. The van der Waals surface area contributed by atoms with E-state index < -0.39 is 6.04 Å². The Labute approximate surface area is 197 Å². The van der Waals surface area contributed by atoms with Gasteiger partial charge in [-0.05, 0) is 36.6 Å². The van der Waals surface area contributed by atoms with Crippen LogP contribution in [0.15, 0.2) is 54.7 Å². The van der Waals surface area contributed by atoms with E-state index in [0.717, 1.165) is 59.5 Å².